The normalized spacial score (nSPS) is 15.4. The van der Waals surface area contributed by atoms with Gasteiger partial charge in [0.2, 0.25) is 0 Å². The smallest absolute Gasteiger partial charge is 0.169 e. The highest BCUT2D eigenvalue weighted by molar-refractivity contribution is 9.10. The van der Waals surface area contributed by atoms with Gasteiger partial charge in [-0.1, -0.05) is 13.8 Å². The maximum absolute atomic E-state index is 10.1. The standard InChI is InChI=1S/C12H20BrNO2/c1-9(2)6-12(3,15)8-14-7-10-4-5-11(13)16-10/h4-5,9,14-15H,6-8H2,1-3H3. The van der Waals surface area contributed by atoms with E-state index >= 15 is 0 Å². The molecular formula is C12H20BrNO2. The summed E-state index contributed by atoms with van der Waals surface area (Å²) in [6, 6.07) is 3.78. The van der Waals surface area contributed by atoms with Gasteiger partial charge in [0.15, 0.2) is 4.67 Å². The SMILES string of the molecule is CC(C)CC(C)(O)CNCc1ccc(Br)o1. The maximum Gasteiger partial charge on any atom is 0.169 e. The summed E-state index contributed by atoms with van der Waals surface area (Å²) in [6.07, 6.45) is 0.794. The Labute approximate surface area is 105 Å². The summed E-state index contributed by atoms with van der Waals surface area (Å²) in [7, 11) is 0. The second-order valence-electron chi connectivity index (χ2n) is 4.90. The molecule has 1 atom stereocenters. The zero-order valence-electron chi connectivity index (χ0n) is 10.1. The Hall–Kier alpha value is -0.320. The van der Waals surface area contributed by atoms with Crippen LogP contribution in [-0.2, 0) is 6.54 Å². The van der Waals surface area contributed by atoms with Crippen LogP contribution in [0.15, 0.2) is 21.2 Å². The molecule has 0 saturated heterocycles. The molecule has 1 rings (SSSR count). The number of furan rings is 1. The van der Waals surface area contributed by atoms with E-state index in [1.165, 1.54) is 0 Å². The summed E-state index contributed by atoms with van der Waals surface area (Å²) in [5.41, 5.74) is -0.655. The highest BCUT2D eigenvalue weighted by Gasteiger charge is 2.21. The van der Waals surface area contributed by atoms with E-state index in [1.54, 1.807) is 0 Å². The summed E-state index contributed by atoms with van der Waals surface area (Å²) in [6.45, 7) is 7.29. The van der Waals surface area contributed by atoms with E-state index in [2.05, 4.69) is 35.1 Å². The molecule has 0 bridgehead atoms. The van der Waals surface area contributed by atoms with Gasteiger partial charge in [0.25, 0.3) is 0 Å². The summed E-state index contributed by atoms with van der Waals surface area (Å²) in [5, 5.41) is 13.3. The number of aliphatic hydroxyl groups is 1. The molecular weight excluding hydrogens is 270 g/mol. The highest BCUT2D eigenvalue weighted by Crippen LogP contribution is 2.16. The van der Waals surface area contributed by atoms with Crippen LogP contribution in [0, 0.1) is 5.92 Å². The summed E-state index contributed by atoms with van der Waals surface area (Å²) in [4.78, 5) is 0. The fraction of sp³-hybridized carbons (Fsp3) is 0.667. The van der Waals surface area contributed by atoms with Crippen LogP contribution in [0.1, 0.15) is 33.0 Å². The number of hydrogen-bond acceptors (Lipinski definition) is 3. The molecule has 1 aromatic rings. The third-order valence-electron chi connectivity index (χ3n) is 2.28. The monoisotopic (exact) mass is 289 g/mol. The molecule has 1 unspecified atom stereocenters. The van der Waals surface area contributed by atoms with Crippen LogP contribution in [-0.4, -0.2) is 17.3 Å². The van der Waals surface area contributed by atoms with Crippen LogP contribution >= 0.6 is 15.9 Å². The molecule has 1 aromatic heterocycles. The van der Waals surface area contributed by atoms with Crippen molar-refractivity contribution in [1.29, 1.82) is 0 Å². The largest absolute Gasteiger partial charge is 0.453 e. The minimum Gasteiger partial charge on any atom is -0.453 e. The zero-order valence-corrected chi connectivity index (χ0v) is 11.7. The van der Waals surface area contributed by atoms with E-state index in [9.17, 15) is 5.11 Å². The second kappa shape index (κ2) is 5.84. The third kappa shape index (κ3) is 5.14. The lowest BCUT2D eigenvalue weighted by Crippen LogP contribution is -2.38. The molecule has 0 aliphatic rings. The summed E-state index contributed by atoms with van der Waals surface area (Å²) >= 11 is 3.25. The molecule has 3 nitrogen and oxygen atoms in total. The van der Waals surface area contributed by atoms with E-state index < -0.39 is 5.60 Å². The second-order valence-corrected chi connectivity index (χ2v) is 5.69. The van der Waals surface area contributed by atoms with Gasteiger partial charge < -0.3 is 14.8 Å². The van der Waals surface area contributed by atoms with Crippen molar-refractivity contribution in [2.75, 3.05) is 6.54 Å². The molecule has 0 fully saturated rings. The fourth-order valence-corrected chi connectivity index (χ4v) is 2.19. The summed E-state index contributed by atoms with van der Waals surface area (Å²) in [5.74, 6) is 1.36. The Morgan fingerprint density at radius 2 is 2.19 bits per heavy atom. The number of nitrogens with one attached hydrogen (secondary N) is 1. The van der Waals surface area contributed by atoms with Crippen LogP contribution in [0.25, 0.3) is 0 Å². The Morgan fingerprint density at radius 3 is 2.69 bits per heavy atom. The van der Waals surface area contributed by atoms with Crippen molar-refractivity contribution in [2.24, 2.45) is 5.92 Å². The molecule has 0 aliphatic carbocycles. The van der Waals surface area contributed by atoms with Gasteiger partial charge in [-0.2, -0.15) is 0 Å². The topological polar surface area (TPSA) is 45.4 Å². The first-order valence-electron chi connectivity index (χ1n) is 5.56. The van der Waals surface area contributed by atoms with E-state index in [1.807, 2.05) is 19.1 Å². The van der Waals surface area contributed by atoms with Gasteiger partial charge in [-0.25, -0.2) is 0 Å². The molecule has 0 radical (unpaired) electrons. The first-order valence-corrected chi connectivity index (χ1v) is 6.36. The van der Waals surface area contributed by atoms with Crippen LogP contribution in [0.2, 0.25) is 0 Å². The van der Waals surface area contributed by atoms with Crippen molar-refractivity contribution in [1.82, 2.24) is 5.32 Å². The molecule has 4 heteroatoms. The van der Waals surface area contributed by atoms with Crippen molar-refractivity contribution in [3.05, 3.63) is 22.6 Å². The van der Waals surface area contributed by atoms with E-state index in [0.29, 0.717) is 19.0 Å². The van der Waals surface area contributed by atoms with Gasteiger partial charge in [0, 0.05) is 6.54 Å². The van der Waals surface area contributed by atoms with Gasteiger partial charge in [-0.15, -0.1) is 0 Å². The molecule has 16 heavy (non-hydrogen) atoms. The summed E-state index contributed by atoms with van der Waals surface area (Å²) < 4.78 is 6.09. The predicted octanol–water partition coefficient (Wildman–Crippen LogP) is 2.93. The van der Waals surface area contributed by atoms with E-state index in [4.69, 9.17) is 4.42 Å². The lowest BCUT2D eigenvalue weighted by atomic mass is 9.94. The molecule has 92 valence electrons. The van der Waals surface area contributed by atoms with Crippen molar-refractivity contribution >= 4 is 15.9 Å². The molecule has 0 amide bonds. The molecule has 0 saturated carbocycles. The van der Waals surface area contributed by atoms with Crippen LogP contribution in [0.4, 0.5) is 0 Å². The van der Waals surface area contributed by atoms with E-state index in [-0.39, 0.29) is 0 Å². The Bertz CT molecular complexity index is 321. The van der Waals surface area contributed by atoms with Crippen molar-refractivity contribution in [3.8, 4) is 0 Å². The lowest BCUT2D eigenvalue weighted by Gasteiger charge is -2.25. The quantitative estimate of drug-likeness (QED) is 0.846. The lowest BCUT2D eigenvalue weighted by molar-refractivity contribution is 0.0379. The maximum atomic E-state index is 10.1. The van der Waals surface area contributed by atoms with Crippen LogP contribution in [0.3, 0.4) is 0 Å². The minimum atomic E-state index is -0.655. The van der Waals surface area contributed by atoms with Crippen molar-refractivity contribution in [3.63, 3.8) is 0 Å². The Balaban J connectivity index is 2.29. The van der Waals surface area contributed by atoms with Crippen molar-refractivity contribution < 1.29 is 9.52 Å². The van der Waals surface area contributed by atoms with E-state index in [0.717, 1.165) is 16.9 Å². The number of rotatable bonds is 6. The average molecular weight is 290 g/mol. The predicted molar refractivity (Wildman–Crippen MR) is 68.2 cm³/mol. The van der Waals surface area contributed by atoms with Gasteiger partial charge in [-0.05, 0) is 47.3 Å². The van der Waals surface area contributed by atoms with Crippen molar-refractivity contribution in [2.45, 2.75) is 39.3 Å². The van der Waals surface area contributed by atoms with Gasteiger partial charge in [0.05, 0.1) is 12.1 Å². The zero-order chi connectivity index (χ0) is 12.2. The first kappa shape index (κ1) is 13.7. The first-order chi connectivity index (χ1) is 7.39. The van der Waals surface area contributed by atoms with Gasteiger partial charge >= 0.3 is 0 Å². The minimum absolute atomic E-state index is 0.495. The molecule has 0 spiro atoms. The van der Waals surface area contributed by atoms with Crippen LogP contribution in [0.5, 0.6) is 0 Å². The van der Waals surface area contributed by atoms with Gasteiger partial charge in [-0.3, -0.25) is 0 Å². The Kier molecular flexibility index (Phi) is 5.02. The number of halogens is 1. The average Bonchev–Trinajstić information content (AvgIpc) is 2.48. The molecule has 0 aliphatic heterocycles. The van der Waals surface area contributed by atoms with Gasteiger partial charge in [0.1, 0.15) is 5.76 Å². The van der Waals surface area contributed by atoms with Crippen LogP contribution < -0.4 is 5.32 Å². The third-order valence-corrected chi connectivity index (χ3v) is 2.71. The molecule has 1 heterocycles. The molecule has 2 N–H and O–H groups in total. The fourth-order valence-electron chi connectivity index (χ4n) is 1.85. The molecule has 0 aromatic carbocycles. The highest BCUT2D eigenvalue weighted by atomic mass is 79.9. The number of hydrogen-bond donors (Lipinski definition) is 2. The Morgan fingerprint density at radius 1 is 1.50 bits per heavy atom.